The number of benzene rings is 2. The van der Waals surface area contributed by atoms with Crippen molar-refractivity contribution in [3.63, 3.8) is 0 Å². The summed E-state index contributed by atoms with van der Waals surface area (Å²) < 4.78 is 0.867. The predicted octanol–water partition coefficient (Wildman–Crippen LogP) is 5.57. The molecule has 92 valence electrons. The van der Waals surface area contributed by atoms with Crippen LogP contribution in [-0.4, -0.2) is 5.11 Å². The maximum Gasteiger partial charge on any atom is 0.130 e. The van der Waals surface area contributed by atoms with E-state index in [9.17, 15) is 5.11 Å². The van der Waals surface area contributed by atoms with E-state index in [-0.39, 0.29) is 5.75 Å². The summed E-state index contributed by atoms with van der Waals surface area (Å²) in [6.07, 6.45) is 1.97. The van der Waals surface area contributed by atoms with E-state index in [1.165, 1.54) is 11.8 Å². The fourth-order valence-corrected chi connectivity index (χ4v) is 2.52. The van der Waals surface area contributed by atoms with Crippen molar-refractivity contribution in [3.05, 3.63) is 62.9 Å². The van der Waals surface area contributed by atoms with E-state index >= 15 is 0 Å². The van der Waals surface area contributed by atoms with Gasteiger partial charge in [0.1, 0.15) is 5.75 Å². The monoisotopic (exact) mass is 340 g/mol. The fourth-order valence-electron chi connectivity index (χ4n) is 1.35. The van der Waals surface area contributed by atoms with E-state index in [0.717, 1.165) is 20.0 Å². The topological polar surface area (TPSA) is 20.2 Å². The van der Waals surface area contributed by atoms with Gasteiger partial charge in [0, 0.05) is 9.50 Å². The molecule has 0 aliphatic heterocycles. The van der Waals surface area contributed by atoms with E-state index in [0.29, 0.717) is 0 Å². The lowest BCUT2D eigenvalue weighted by atomic mass is 10.2. The Labute approximate surface area is 124 Å². The molecule has 0 saturated heterocycles. The molecule has 2 rings (SSSR count). The second kappa shape index (κ2) is 6.32. The molecular formula is C14H10BrClOS. The molecule has 0 unspecified atom stereocenters. The van der Waals surface area contributed by atoms with Crippen molar-refractivity contribution in [2.75, 3.05) is 0 Å². The van der Waals surface area contributed by atoms with Gasteiger partial charge in [-0.25, -0.2) is 0 Å². The van der Waals surface area contributed by atoms with Gasteiger partial charge >= 0.3 is 0 Å². The zero-order valence-corrected chi connectivity index (χ0v) is 12.5. The number of aromatic hydroxyl groups is 1. The number of hydrogen-bond acceptors (Lipinski definition) is 2. The Bertz CT molecular complexity index is 567. The first-order chi connectivity index (χ1) is 8.65. The van der Waals surface area contributed by atoms with Gasteiger partial charge in [0.2, 0.25) is 0 Å². The van der Waals surface area contributed by atoms with Crippen LogP contribution in [0.2, 0.25) is 5.02 Å². The van der Waals surface area contributed by atoms with Gasteiger partial charge in [-0.1, -0.05) is 51.4 Å². The summed E-state index contributed by atoms with van der Waals surface area (Å²) in [7, 11) is 0. The molecule has 0 aromatic heterocycles. The summed E-state index contributed by atoms with van der Waals surface area (Å²) in [6, 6.07) is 13.0. The lowest BCUT2D eigenvalue weighted by molar-refractivity contribution is 0.462. The maximum atomic E-state index is 9.72. The highest BCUT2D eigenvalue weighted by Gasteiger charge is 1.99. The molecule has 2 aromatic carbocycles. The highest BCUT2D eigenvalue weighted by Crippen LogP contribution is 2.31. The van der Waals surface area contributed by atoms with E-state index in [4.69, 9.17) is 11.6 Å². The second-order valence-electron chi connectivity index (χ2n) is 3.58. The van der Waals surface area contributed by atoms with E-state index in [1.54, 1.807) is 6.07 Å². The van der Waals surface area contributed by atoms with Crippen LogP contribution < -0.4 is 0 Å². The molecule has 4 heteroatoms. The maximum absolute atomic E-state index is 9.72. The number of phenols is 1. The summed E-state index contributed by atoms with van der Waals surface area (Å²) in [6.45, 7) is 0. The third kappa shape index (κ3) is 3.80. The van der Waals surface area contributed by atoms with E-state index < -0.39 is 0 Å². The lowest BCUT2D eigenvalue weighted by Gasteiger charge is -2.01. The van der Waals surface area contributed by atoms with Crippen LogP contribution in [0.3, 0.4) is 0 Å². The van der Waals surface area contributed by atoms with Gasteiger partial charge in [0.15, 0.2) is 0 Å². The number of phenolic OH excluding ortho intramolecular Hbond substituents is 1. The molecule has 0 spiro atoms. The lowest BCUT2D eigenvalue weighted by Crippen LogP contribution is -1.73. The zero-order valence-electron chi connectivity index (χ0n) is 9.31. The van der Waals surface area contributed by atoms with E-state index in [1.807, 2.05) is 47.9 Å². The van der Waals surface area contributed by atoms with Crippen molar-refractivity contribution in [1.29, 1.82) is 0 Å². The van der Waals surface area contributed by atoms with Gasteiger partial charge in [-0.2, -0.15) is 0 Å². The molecule has 2 aromatic rings. The Balaban J connectivity index is 2.05. The van der Waals surface area contributed by atoms with Crippen molar-refractivity contribution in [1.82, 2.24) is 0 Å². The Kier molecular flexibility index (Phi) is 4.75. The van der Waals surface area contributed by atoms with Crippen LogP contribution in [0.25, 0.3) is 6.08 Å². The van der Waals surface area contributed by atoms with Crippen molar-refractivity contribution in [2.45, 2.75) is 4.90 Å². The Morgan fingerprint density at radius 3 is 2.50 bits per heavy atom. The van der Waals surface area contributed by atoms with Crippen LogP contribution >= 0.6 is 39.3 Å². The molecule has 0 fully saturated rings. The number of halogens is 2. The number of hydrogen-bond donors (Lipinski definition) is 1. The Hall–Kier alpha value is -0.900. The Morgan fingerprint density at radius 1 is 1.11 bits per heavy atom. The van der Waals surface area contributed by atoms with Crippen LogP contribution in [0.5, 0.6) is 5.75 Å². The fraction of sp³-hybridized carbons (Fsp3) is 0. The standard InChI is InChI=1S/C14H10BrClOS/c15-11-3-6-14(13(17)9-11)18-8-7-10-1-4-12(16)5-2-10/h1-9,17H/b8-7+. The molecule has 1 N–H and O–H groups in total. The third-order valence-electron chi connectivity index (χ3n) is 2.25. The number of rotatable bonds is 3. The summed E-state index contributed by atoms with van der Waals surface area (Å²) in [5.41, 5.74) is 1.07. The Morgan fingerprint density at radius 2 is 1.83 bits per heavy atom. The number of thioether (sulfide) groups is 1. The summed E-state index contributed by atoms with van der Waals surface area (Å²) in [5, 5.41) is 12.4. The minimum Gasteiger partial charge on any atom is -0.507 e. The minimum atomic E-state index is 0.273. The summed E-state index contributed by atoms with van der Waals surface area (Å²) >= 11 is 10.6. The van der Waals surface area contributed by atoms with Gasteiger partial charge in [-0.05, 0) is 47.4 Å². The molecule has 0 radical (unpaired) electrons. The molecule has 0 saturated carbocycles. The molecule has 0 aliphatic rings. The zero-order chi connectivity index (χ0) is 13.0. The SMILES string of the molecule is Oc1cc(Br)ccc1S/C=C/c1ccc(Cl)cc1. The molecule has 0 amide bonds. The van der Waals surface area contributed by atoms with Gasteiger partial charge in [0.05, 0.1) is 4.90 Å². The minimum absolute atomic E-state index is 0.273. The van der Waals surface area contributed by atoms with Crippen molar-refractivity contribution in [2.24, 2.45) is 0 Å². The van der Waals surface area contributed by atoms with Crippen LogP contribution in [0, 0.1) is 0 Å². The molecule has 0 heterocycles. The smallest absolute Gasteiger partial charge is 0.130 e. The van der Waals surface area contributed by atoms with Gasteiger partial charge < -0.3 is 5.11 Å². The van der Waals surface area contributed by atoms with Gasteiger partial charge in [-0.15, -0.1) is 0 Å². The van der Waals surface area contributed by atoms with Crippen LogP contribution in [0.4, 0.5) is 0 Å². The average molecular weight is 342 g/mol. The highest BCUT2D eigenvalue weighted by molar-refractivity contribution is 9.10. The largest absolute Gasteiger partial charge is 0.507 e. The van der Waals surface area contributed by atoms with E-state index in [2.05, 4.69) is 15.9 Å². The molecule has 18 heavy (non-hydrogen) atoms. The van der Waals surface area contributed by atoms with Crippen molar-refractivity contribution >= 4 is 45.4 Å². The van der Waals surface area contributed by atoms with Crippen LogP contribution in [-0.2, 0) is 0 Å². The highest BCUT2D eigenvalue weighted by atomic mass is 79.9. The molecular weight excluding hydrogens is 332 g/mol. The summed E-state index contributed by atoms with van der Waals surface area (Å²) in [5.74, 6) is 0.273. The molecule has 1 nitrogen and oxygen atoms in total. The first-order valence-electron chi connectivity index (χ1n) is 5.22. The van der Waals surface area contributed by atoms with Crippen molar-refractivity contribution in [3.8, 4) is 5.75 Å². The molecule has 0 atom stereocenters. The quantitative estimate of drug-likeness (QED) is 0.736. The van der Waals surface area contributed by atoms with Gasteiger partial charge in [-0.3, -0.25) is 0 Å². The molecule has 0 bridgehead atoms. The summed E-state index contributed by atoms with van der Waals surface area (Å²) in [4.78, 5) is 0.823. The normalized spacial score (nSPS) is 11.0. The average Bonchev–Trinajstić information content (AvgIpc) is 2.34. The third-order valence-corrected chi connectivity index (χ3v) is 3.86. The second-order valence-corrected chi connectivity index (χ2v) is 5.88. The predicted molar refractivity (Wildman–Crippen MR) is 82.1 cm³/mol. The van der Waals surface area contributed by atoms with Crippen LogP contribution in [0.1, 0.15) is 5.56 Å². The van der Waals surface area contributed by atoms with Crippen molar-refractivity contribution < 1.29 is 5.11 Å². The van der Waals surface area contributed by atoms with Gasteiger partial charge in [0.25, 0.3) is 0 Å². The van der Waals surface area contributed by atoms with Crippen LogP contribution in [0.15, 0.2) is 57.2 Å². The molecule has 0 aliphatic carbocycles. The first-order valence-corrected chi connectivity index (χ1v) is 7.27. The first kappa shape index (κ1) is 13.5.